The van der Waals surface area contributed by atoms with Crippen LogP contribution in [0, 0.1) is 18.6 Å². The van der Waals surface area contributed by atoms with Gasteiger partial charge in [-0.2, -0.15) is 0 Å². The quantitative estimate of drug-likeness (QED) is 0.726. The predicted molar refractivity (Wildman–Crippen MR) is 101 cm³/mol. The number of carbonyl (C=O) groups is 1. The molecule has 1 aliphatic carbocycles. The number of amides is 1. The van der Waals surface area contributed by atoms with E-state index >= 15 is 0 Å². The first-order valence-corrected chi connectivity index (χ1v) is 9.05. The molecule has 0 fully saturated rings. The molecule has 0 radical (unpaired) electrons. The van der Waals surface area contributed by atoms with E-state index < -0.39 is 17.5 Å². The van der Waals surface area contributed by atoms with E-state index in [1.165, 1.54) is 24.5 Å². The molecule has 0 unspecified atom stereocenters. The lowest BCUT2D eigenvalue weighted by Gasteiger charge is -2.13. The Bertz CT molecular complexity index is 867. The van der Waals surface area contributed by atoms with E-state index in [1.807, 2.05) is 0 Å². The van der Waals surface area contributed by atoms with Crippen molar-refractivity contribution in [2.24, 2.45) is 0 Å². The molecule has 0 bridgehead atoms. The number of aromatic nitrogens is 2. The lowest BCUT2D eigenvalue weighted by molar-refractivity contribution is 0.102. The first-order chi connectivity index (χ1) is 13.0. The fourth-order valence-corrected chi connectivity index (χ4v) is 3.00. The normalized spacial score (nSPS) is 13.8. The topological polar surface area (TPSA) is 66.9 Å². The Hall–Kier alpha value is -2.83. The number of halogens is 2. The van der Waals surface area contributed by atoms with Gasteiger partial charge in [-0.25, -0.2) is 18.7 Å². The van der Waals surface area contributed by atoms with Gasteiger partial charge in [-0.1, -0.05) is 11.6 Å². The molecule has 7 heteroatoms. The van der Waals surface area contributed by atoms with E-state index in [0.29, 0.717) is 18.2 Å². The number of hydrogen-bond donors (Lipinski definition) is 2. The highest BCUT2D eigenvalue weighted by molar-refractivity contribution is 6.03. The Morgan fingerprint density at radius 2 is 2.00 bits per heavy atom. The summed E-state index contributed by atoms with van der Waals surface area (Å²) in [5.74, 6) is -2.12. The summed E-state index contributed by atoms with van der Waals surface area (Å²) in [5, 5.41) is 5.67. The molecule has 1 aromatic heterocycles. The minimum Gasteiger partial charge on any atom is -0.354 e. The number of hydrogen-bond acceptors (Lipinski definition) is 4. The second-order valence-electron chi connectivity index (χ2n) is 6.59. The number of nitrogens with zero attached hydrogens (tertiary/aromatic N) is 2. The molecule has 0 saturated carbocycles. The van der Waals surface area contributed by atoms with Crippen LogP contribution in [0.5, 0.6) is 0 Å². The first kappa shape index (κ1) is 18.9. The van der Waals surface area contributed by atoms with Gasteiger partial charge in [-0.15, -0.1) is 0 Å². The SMILES string of the molecule is Cc1cc(C(=O)Nc2ccc(F)c(F)c2)nc(NCCC2=CCCCC2)n1. The molecule has 5 nitrogen and oxygen atoms in total. The molecule has 0 saturated heterocycles. The number of carbonyl (C=O) groups excluding carboxylic acids is 1. The van der Waals surface area contributed by atoms with Gasteiger partial charge in [-0.05, 0) is 57.2 Å². The van der Waals surface area contributed by atoms with E-state index in [-0.39, 0.29) is 11.4 Å². The molecule has 1 heterocycles. The summed E-state index contributed by atoms with van der Waals surface area (Å²) >= 11 is 0. The van der Waals surface area contributed by atoms with Gasteiger partial charge in [0.25, 0.3) is 5.91 Å². The molecule has 0 spiro atoms. The summed E-state index contributed by atoms with van der Waals surface area (Å²) in [6.07, 6.45) is 7.99. The Morgan fingerprint density at radius 3 is 2.74 bits per heavy atom. The van der Waals surface area contributed by atoms with Crippen LogP contribution in [0.1, 0.15) is 48.3 Å². The molecule has 0 atom stereocenters. The average Bonchev–Trinajstić information content (AvgIpc) is 2.65. The minimum atomic E-state index is -1.02. The highest BCUT2D eigenvalue weighted by Gasteiger charge is 2.12. The number of anilines is 2. The Balaban J connectivity index is 1.63. The molecular weight excluding hydrogens is 350 g/mol. The zero-order valence-electron chi connectivity index (χ0n) is 15.2. The van der Waals surface area contributed by atoms with Crippen LogP contribution in [-0.4, -0.2) is 22.4 Å². The molecule has 0 aliphatic heterocycles. The highest BCUT2D eigenvalue weighted by Crippen LogP contribution is 2.20. The second kappa shape index (κ2) is 8.70. The molecule has 1 aromatic carbocycles. The summed E-state index contributed by atoms with van der Waals surface area (Å²) in [4.78, 5) is 20.9. The van der Waals surface area contributed by atoms with Crippen molar-refractivity contribution in [3.63, 3.8) is 0 Å². The number of nitrogens with one attached hydrogen (secondary N) is 2. The average molecular weight is 372 g/mol. The Labute approximate surface area is 156 Å². The number of rotatable bonds is 6. The summed E-state index contributed by atoms with van der Waals surface area (Å²) in [6.45, 7) is 2.46. The zero-order chi connectivity index (χ0) is 19.2. The Morgan fingerprint density at radius 1 is 1.15 bits per heavy atom. The maximum Gasteiger partial charge on any atom is 0.274 e. The van der Waals surface area contributed by atoms with Crippen LogP contribution in [0.4, 0.5) is 20.4 Å². The minimum absolute atomic E-state index is 0.159. The van der Waals surface area contributed by atoms with Gasteiger partial charge in [0.1, 0.15) is 5.69 Å². The largest absolute Gasteiger partial charge is 0.354 e. The molecule has 142 valence electrons. The van der Waals surface area contributed by atoms with E-state index in [9.17, 15) is 13.6 Å². The molecule has 27 heavy (non-hydrogen) atoms. The van der Waals surface area contributed by atoms with Crippen molar-refractivity contribution in [3.8, 4) is 0 Å². The predicted octanol–water partition coefficient (Wildman–Crippen LogP) is 4.62. The van der Waals surface area contributed by atoms with E-state index in [4.69, 9.17) is 0 Å². The standard InChI is InChI=1S/C20H22F2N4O/c1-13-11-18(19(27)25-15-7-8-16(21)17(22)12-15)26-20(24-13)23-10-9-14-5-3-2-4-6-14/h5,7-8,11-12H,2-4,6,9-10H2,1H3,(H,25,27)(H,23,24,26). The summed E-state index contributed by atoms with van der Waals surface area (Å²) in [6, 6.07) is 4.73. The lowest BCUT2D eigenvalue weighted by atomic mass is 9.97. The van der Waals surface area contributed by atoms with Crippen LogP contribution in [0.15, 0.2) is 35.9 Å². The van der Waals surface area contributed by atoms with Gasteiger partial charge in [0.2, 0.25) is 5.95 Å². The molecule has 1 amide bonds. The fraction of sp³-hybridized carbons (Fsp3) is 0.350. The van der Waals surface area contributed by atoms with Crippen molar-refractivity contribution in [1.82, 2.24) is 9.97 Å². The third kappa shape index (κ3) is 5.32. The van der Waals surface area contributed by atoms with Crippen molar-refractivity contribution in [2.75, 3.05) is 17.2 Å². The Kier molecular flexibility index (Phi) is 6.11. The lowest BCUT2D eigenvalue weighted by Crippen LogP contribution is -2.17. The van der Waals surface area contributed by atoms with Crippen molar-refractivity contribution in [1.29, 1.82) is 0 Å². The molecule has 2 N–H and O–H groups in total. The summed E-state index contributed by atoms with van der Waals surface area (Å²) < 4.78 is 26.3. The number of allylic oxidation sites excluding steroid dienone is 1. The van der Waals surface area contributed by atoms with E-state index in [2.05, 4.69) is 26.7 Å². The molecule has 1 aliphatic rings. The number of aryl methyl sites for hydroxylation is 1. The monoisotopic (exact) mass is 372 g/mol. The van der Waals surface area contributed by atoms with Crippen LogP contribution < -0.4 is 10.6 Å². The van der Waals surface area contributed by atoms with Gasteiger partial charge in [0.15, 0.2) is 11.6 Å². The third-order valence-electron chi connectivity index (χ3n) is 4.38. The van der Waals surface area contributed by atoms with Gasteiger partial charge in [0, 0.05) is 24.0 Å². The van der Waals surface area contributed by atoms with Crippen LogP contribution in [0.3, 0.4) is 0 Å². The summed E-state index contributed by atoms with van der Waals surface area (Å²) in [5.41, 5.74) is 2.40. The zero-order valence-corrected chi connectivity index (χ0v) is 15.2. The molecule has 2 aromatic rings. The maximum atomic E-state index is 13.3. The maximum absolute atomic E-state index is 13.3. The molecule has 3 rings (SSSR count). The van der Waals surface area contributed by atoms with Crippen molar-refractivity contribution >= 4 is 17.5 Å². The third-order valence-corrected chi connectivity index (χ3v) is 4.38. The highest BCUT2D eigenvalue weighted by atomic mass is 19.2. The van der Waals surface area contributed by atoms with Gasteiger partial charge < -0.3 is 10.6 Å². The van der Waals surface area contributed by atoms with Crippen molar-refractivity contribution in [2.45, 2.75) is 39.0 Å². The smallest absolute Gasteiger partial charge is 0.274 e. The van der Waals surface area contributed by atoms with Crippen LogP contribution in [0.25, 0.3) is 0 Å². The van der Waals surface area contributed by atoms with Gasteiger partial charge in [-0.3, -0.25) is 4.79 Å². The van der Waals surface area contributed by atoms with Gasteiger partial charge >= 0.3 is 0 Å². The molecular formula is C20H22F2N4O. The van der Waals surface area contributed by atoms with Crippen LogP contribution >= 0.6 is 0 Å². The fourth-order valence-electron chi connectivity index (χ4n) is 3.00. The summed E-state index contributed by atoms with van der Waals surface area (Å²) in [7, 11) is 0. The van der Waals surface area contributed by atoms with Crippen LogP contribution in [0.2, 0.25) is 0 Å². The number of benzene rings is 1. The van der Waals surface area contributed by atoms with Crippen molar-refractivity contribution in [3.05, 3.63) is 58.9 Å². The van der Waals surface area contributed by atoms with E-state index in [1.54, 1.807) is 13.0 Å². The van der Waals surface area contributed by atoms with Crippen molar-refractivity contribution < 1.29 is 13.6 Å². The van der Waals surface area contributed by atoms with Gasteiger partial charge in [0.05, 0.1) is 0 Å². The first-order valence-electron chi connectivity index (χ1n) is 9.05. The van der Waals surface area contributed by atoms with Crippen LogP contribution in [-0.2, 0) is 0 Å². The van der Waals surface area contributed by atoms with E-state index in [0.717, 1.165) is 31.4 Å². The second-order valence-corrected chi connectivity index (χ2v) is 6.59.